The number of methoxy groups -OCH3 is 1. The van der Waals surface area contributed by atoms with E-state index < -0.39 is 11.8 Å². The maximum absolute atomic E-state index is 11.0. The standard InChI is InChI=1S/C15H19N3O4/c1-21-12-7-6-10(9-17-18-15(20)14(16)19)8-13(12)22-11-4-2-3-5-11/h6-9,11H,2-5H2,1H3,(H2,16,19)(H,18,20). The van der Waals surface area contributed by atoms with Crippen molar-refractivity contribution in [1.82, 2.24) is 5.43 Å². The van der Waals surface area contributed by atoms with Crippen LogP contribution >= 0.6 is 0 Å². The Labute approximate surface area is 128 Å². The van der Waals surface area contributed by atoms with E-state index in [1.807, 2.05) is 5.43 Å². The summed E-state index contributed by atoms with van der Waals surface area (Å²) in [5.41, 5.74) is 7.55. The highest BCUT2D eigenvalue weighted by atomic mass is 16.5. The molecule has 0 spiro atoms. The van der Waals surface area contributed by atoms with Crippen molar-refractivity contribution >= 4 is 18.0 Å². The second kappa shape index (κ2) is 7.44. The number of carbonyl (C=O) groups excluding carboxylic acids is 2. The van der Waals surface area contributed by atoms with Gasteiger partial charge in [-0.1, -0.05) is 0 Å². The van der Waals surface area contributed by atoms with Crippen LogP contribution in [0.4, 0.5) is 0 Å². The third kappa shape index (κ3) is 4.21. The van der Waals surface area contributed by atoms with Gasteiger partial charge in [0.2, 0.25) is 0 Å². The van der Waals surface area contributed by atoms with Crippen LogP contribution in [-0.4, -0.2) is 31.2 Å². The summed E-state index contributed by atoms with van der Waals surface area (Å²) in [4.78, 5) is 21.6. The molecule has 0 unspecified atom stereocenters. The molecule has 3 N–H and O–H groups in total. The van der Waals surface area contributed by atoms with E-state index in [0.29, 0.717) is 17.1 Å². The average Bonchev–Trinajstić information content (AvgIpc) is 3.00. The molecule has 1 aromatic rings. The maximum atomic E-state index is 11.0. The Hall–Kier alpha value is -2.57. The van der Waals surface area contributed by atoms with Crippen molar-refractivity contribution in [2.45, 2.75) is 31.8 Å². The van der Waals surface area contributed by atoms with Crippen LogP contribution in [0.2, 0.25) is 0 Å². The van der Waals surface area contributed by atoms with Gasteiger partial charge in [-0.05, 0) is 49.4 Å². The van der Waals surface area contributed by atoms with Crippen molar-refractivity contribution in [3.63, 3.8) is 0 Å². The van der Waals surface area contributed by atoms with E-state index in [0.717, 1.165) is 12.8 Å². The molecular weight excluding hydrogens is 286 g/mol. The number of hydrazone groups is 1. The highest BCUT2D eigenvalue weighted by molar-refractivity contribution is 6.34. The van der Waals surface area contributed by atoms with Crippen molar-refractivity contribution in [3.05, 3.63) is 23.8 Å². The fraction of sp³-hybridized carbons (Fsp3) is 0.400. The molecule has 2 amide bonds. The second-order valence-electron chi connectivity index (χ2n) is 5.00. The smallest absolute Gasteiger partial charge is 0.329 e. The number of primary amides is 1. The number of hydrogen-bond acceptors (Lipinski definition) is 5. The van der Waals surface area contributed by atoms with E-state index in [-0.39, 0.29) is 6.10 Å². The average molecular weight is 305 g/mol. The monoisotopic (exact) mass is 305 g/mol. The summed E-state index contributed by atoms with van der Waals surface area (Å²) in [6, 6.07) is 5.30. The summed E-state index contributed by atoms with van der Waals surface area (Å²) < 4.78 is 11.2. The number of carbonyl (C=O) groups is 2. The number of rotatable bonds is 5. The van der Waals surface area contributed by atoms with Gasteiger partial charge in [0.05, 0.1) is 19.4 Å². The first-order chi connectivity index (χ1) is 10.6. The summed E-state index contributed by atoms with van der Waals surface area (Å²) in [5.74, 6) is -0.769. The molecule has 0 saturated heterocycles. The summed E-state index contributed by atoms with van der Waals surface area (Å²) in [7, 11) is 1.58. The lowest BCUT2D eigenvalue weighted by Crippen LogP contribution is -2.32. The lowest BCUT2D eigenvalue weighted by Gasteiger charge is -2.16. The van der Waals surface area contributed by atoms with Crippen LogP contribution in [0.25, 0.3) is 0 Å². The quantitative estimate of drug-likeness (QED) is 0.480. The highest BCUT2D eigenvalue weighted by Crippen LogP contribution is 2.32. The minimum absolute atomic E-state index is 0.204. The van der Waals surface area contributed by atoms with Crippen molar-refractivity contribution in [3.8, 4) is 11.5 Å². The molecule has 0 aromatic heterocycles. The topological polar surface area (TPSA) is 103 Å². The van der Waals surface area contributed by atoms with Crippen LogP contribution in [0.3, 0.4) is 0 Å². The minimum atomic E-state index is -1.09. The SMILES string of the molecule is COc1ccc(C=NNC(=O)C(N)=O)cc1OC1CCCC1. The van der Waals surface area contributed by atoms with Crippen LogP contribution in [0.5, 0.6) is 11.5 Å². The Morgan fingerprint density at radius 2 is 2.05 bits per heavy atom. The number of ether oxygens (including phenoxy) is 2. The van der Waals surface area contributed by atoms with Crippen molar-refractivity contribution in [1.29, 1.82) is 0 Å². The van der Waals surface area contributed by atoms with Crippen LogP contribution in [0.15, 0.2) is 23.3 Å². The lowest BCUT2D eigenvalue weighted by atomic mass is 10.2. The Balaban J connectivity index is 2.07. The molecule has 0 heterocycles. The fourth-order valence-corrected chi connectivity index (χ4v) is 2.27. The number of hydrogen-bond donors (Lipinski definition) is 2. The first-order valence-electron chi connectivity index (χ1n) is 7.07. The van der Waals surface area contributed by atoms with Gasteiger partial charge in [0, 0.05) is 0 Å². The van der Waals surface area contributed by atoms with Gasteiger partial charge in [0.15, 0.2) is 11.5 Å². The Bertz CT molecular complexity index is 580. The predicted molar refractivity (Wildman–Crippen MR) is 80.8 cm³/mol. The Kier molecular flexibility index (Phi) is 5.35. The van der Waals surface area contributed by atoms with Gasteiger partial charge in [0.25, 0.3) is 0 Å². The van der Waals surface area contributed by atoms with Crippen molar-refractivity contribution < 1.29 is 19.1 Å². The minimum Gasteiger partial charge on any atom is -0.493 e. The zero-order valence-corrected chi connectivity index (χ0v) is 12.4. The highest BCUT2D eigenvalue weighted by Gasteiger charge is 2.18. The maximum Gasteiger partial charge on any atom is 0.329 e. The lowest BCUT2D eigenvalue weighted by molar-refractivity contribution is -0.137. The van der Waals surface area contributed by atoms with E-state index in [2.05, 4.69) is 5.10 Å². The summed E-state index contributed by atoms with van der Waals surface area (Å²) in [6.07, 6.45) is 6.03. The zero-order valence-electron chi connectivity index (χ0n) is 12.4. The molecule has 1 aliphatic carbocycles. The number of nitrogens with zero attached hydrogens (tertiary/aromatic N) is 1. The third-order valence-corrected chi connectivity index (χ3v) is 3.39. The predicted octanol–water partition coefficient (Wildman–Crippen LogP) is 0.952. The summed E-state index contributed by atoms with van der Waals surface area (Å²) in [5, 5.41) is 3.67. The van der Waals surface area contributed by atoms with Gasteiger partial charge in [-0.25, -0.2) is 5.43 Å². The molecule has 0 aliphatic heterocycles. The fourth-order valence-electron chi connectivity index (χ4n) is 2.27. The van der Waals surface area contributed by atoms with E-state index in [1.54, 1.807) is 25.3 Å². The molecule has 2 rings (SSSR count). The molecule has 0 bridgehead atoms. The third-order valence-electron chi connectivity index (χ3n) is 3.39. The number of amides is 2. The number of nitrogens with two attached hydrogens (primary N) is 1. The number of nitrogens with one attached hydrogen (secondary N) is 1. The molecule has 1 aromatic carbocycles. The van der Waals surface area contributed by atoms with Gasteiger partial charge >= 0.3 is 11.8 Å². The van der Waals surface area contributed by atoms with Gasteiger partial charge in [-0.3, -0.25) is 9.59 Å². The van der Waals surface area contributed by atoms with Gasteiger partial charge in [-0.15, -0.1) is 0 Å². The number of benzene rings is 1. The molecule has 22 heavy (non-hydrogen) atoms. The van der Waals surface area contributed by atoms with E-state index in [4.69, 9.17) is 15.2 Å². The van der Waals surface area contributed by atoms with Crippen LogP contribution in [-0.2, 0) is 9.59 Å². The van der Waals surface area contributed by atoms with Gasteiger partial charge in [0.1, 0.15) is 0 Å². The first kappa shape index (κ1) is 15.8. The van der Waals surface area contributed by atoms with Crippen LogP contribution in [0, 0.1) is 0 Å². The molecule has 1 aliphatic rings. The van der Waals surface area contributed by atoms with E-state index in [1.165, 1.54) is 19.1 Å². The molecule has 1 saturated carbocycles. The second-order valence-corrected chi connectivity index (χ2v) is 5.00. The molecular formula is C15H19N3O4. The molecule has 0 atom stereocenters. The normalized spacial score (nSPS) is 15.0. The Morgan fingerprint density at radius 3 is 2.68 bits per heavy atom. The summed E-state index contributed by atoms with van der Waals surface area (Å²) in [6.45, 7) is 0. The first-order valence-corrected chi connectivity index (χ1v) is 7.07. The van der Waals surface area contributed by atoms with E-state index in [9.17, 15) is 9.59 Å². The van der Waals surface area contributed by atoms with Crippen LogP contribution in [0.1, 0.15) is 31.2 Å². The largest absolute Gasteiger partial charge is 0.493 e. The summed E-state index contributed by atoms with van der Waals surface area (Å²) >= 11 is 0. The van der Waals surface area contributed by atoms with Crippen molar-refractivity contribution in [2.24, 2.45) is 10.8 Å². The molecule has 1 fully saturated rings. The Morgan fingerprint density at radius 1 is 1.32 bits per heavy atom. The molecule has 0 radical (unpaired) electrons. The van der Waals surface area contributed by atoms with Gasteiger partial charge < -0.3 is 15.2 Å². The van der Waals surface area contributed by atoms with Gasteiger partial charge in [-0.2, -0.15) is 5.10 Å². The molecule has 7 heteroatoms. The van der Waals surface area contributed by atoms with Crippen molar-refractivity contribution in [2.75, 3.05) is 7.11 Å². The van der Waals surface area contributed by atoms with Crippen LogP contribution < -0.4 is 20.6 Å². The molecule has 118 valence electrons. The van der Waals surface area contributed by atoms with E-state index >= 15 is 0 Å². The molecule has 7 nitrogen and oxygen atoms in total. The zero-order chi connectivity index (χ0) is 15.9.